The average Bonchev–Trinajstić information content (AvgIpc) is 2.24. The predicted molar refractivity (Wildman–Crippen MR) is 70.8 cm³/mol. The van der Waals surface area contributed by atoms with E-state index in [1.807, 2.05) is 11.8 Å². The first kappa shape index (κ1) is 13.8. The van der Waals surface area contributed by atoms with Gasteiger partial charge in [0.15, 0.2) is 0 Å². The zero-order chi connectivity index (χ0) is 12.0. The van der Waals surface area contributed by atoms with Crippen molar-refractivity contribution in [2.24, 2.45) is 5.92 Å². The first-order valence-corrected chi connectivity index (χ1v) is 7.22. The van der Waals surface area contributed by atoms with Crippen LogP contribution in [-0.4, -0.2) is 36.0 Å². The number of rotatable bonds is 4. The Morgan fingerprint density at radius 2 is 1.94 bits per heavy atom. The van der Waals surface area contributed by atoms with Crippen LogP contribution >= 0.6 is 11.8 Å². The van der Waals surface area contributed by atoms with Crippen LogP contribution in [0.2, 0.25) is 0 Å². The van der Waals surface area contributed by atoms with Crippen molar-refractivity contribution in [3.8, 4) is 0 Å². The van der Waals surface area contributed by atoms with Crippen molar-refractivity contribution in [1.29, 1.82) is 0 Å². The second-order valence-electron chi connectivity index (χ2n) is 5.46. The molecule has 1 amide bonds. The minimum atomic E-state index is 0.0127. The molecule has 1 aliphatic heterocycles. The van der Waals surface area contributed by atoms with Gasteiger partial charge in [0.25, 0.3) is 0 Å². The molecule has 2 N–H and O–H groups in total. The van der Waals surface area contributed by atoms with E-state index in [2.05, 4.69) is 31.4 Å². The molecule has 0 spiro atoms. The number of nitrogens with one attached hydrogen (secondary N) is 2. The number of amides is 1. The van der Waals surface area contributed by atoms with Crippen molar-refractivity contribution in [3.05, 3.63) is 0 Å². The summed E-state index contributed by atoms with van der Waals surface area (Å²) in [5, 5.41) is 6.21. The Balaban J connectivity index is 2.09. The van der Waals surface area contributed by atoms with Gasteiger partial charge in [-0.15, -0.1) is 0 Å². The number of hydrogen-bond acceptors (Lipinski definition) is 3. The van der Waals surface area contributed by atoms with Crippen LogP contribution in [0.4, 0.5) is 0 Å². The molecular formula is C12H24N2OS. The van der Waals surface area contributed by atoms with Gasteiger partial charge in [-0.05, 0) is 51.0 Å². The molecule has 0 atom stereocenters. The molecule has 3 nitrogen and oxygen atoms in total. The van der Waals surface area contributed by atoms with E-state index in [0.717, 1.165) is 6.54 Å². The lowest BCUT2D eigenvalue weighted by Gasteiger charge is -2.23. The van der Waals surface area contributed by atoms with E-state index in [0.29, 0.717) is 12.5 Å². The maximum Gasteiger partial charge on any atom is 0.233 e. The molecule has 0 aromatic heterocycles. The normalized spacial score (nSPS) is 18.4. The Morgan fingerprint density at radius 3 is 2.50 bits per heavy atom. The molecule has 0 aromatic carbocycles. The number of thioether (sulfide) groups is 1. The van der Waals surface area contributed by atoms with E-state index < -0.39 is 0 Å². The van der Waals surface area contributed by atoms with Crippen molar-refractivity contribution in [2.75, 3.05) is 24.6 Å². The van der Waals surface area contributed by atoms with Gasteiger partial charge in [-0.1, -0.05) is 0 Å². The van der Waals surface area contributed by atoms with Crippen LogP contribution in [0.15, 0.2) is 0 Å². The quantitative estimate of drug-likeness (QED) is 0.790. The summed E-state index contributed by atoms with van der Waals surface area (Å²) in [6.45, 7) is 7.48. The topological polar surface area (TPSA) is 41.1 Å². The Labute approximate surface area is 103 Å². The van der Waals surface area contributed by atoms with Crippen LogP contribution < -0.4 is 10.6 Å². The highest BCUT2D eigenvalue weighted by Crippen LogP contribution is 2.21. The molecule has 1 fully saturated rings. The molecule has 1 aliphatic rings. The third-order valence-electron chi connectivity index (χ3n) is 2.71. The van der Waals surface area contributed by atoms with E-state index in [4.69, 9.17) is 0 Å². The highest BCUT2D eigenvalue weighted by atomic mass is 32.2. The van der Waals surface area contributed by atoms with Gasteiger partial charge in [0.2, 0.25) is 5.91 Å². The summed E-state index contributed by atoms with van der Waals surface area (Å²) < 4.78 is 0. The Kier molecular flexibility index (Phi) is 5.62. The lowest BCUT2D eigenvalue weighted by molar-refractivity contribution is -0.120. The number of hydrogen-bond donors (Lipinski definition) is 2. The molecule has 1 saturated heterocycles. The van der Waals surface area contributed by atoms with E-state index in [9.17, 15) is 4.79 Å². The standard InChI is InChI=1S/C12H24N2OS/c1-12(2,3)14-9-11(15)13-8-10-4-6-16-7-5-10/h10,14H,4-9H2,1-3H3,(H,13,15). The summed E-state index contributed by atoms with van der Waals surface area (Å²) >= 11 is 2.02. The van der Waals surface area contributed by atoms with Crippen molar-refractivity contribution in [2.45, 2.75) is 39.2 Å². The Bertz CT molecular complexity index is 220. The lowest BCUT2D eigenvalue weighted by atomic mass is 10.0. The molecule has 94 valence electrons. The second-order valence-corrected chi connectivity index (χ2v) is 6.69. The average molecular weight is 244 g/mol. The summed E-state index contributed by atoms with van der Waals surface area (Å²) in [5.41, 5.74) is 0.0127. The third-order valence-corrected chi connectivity index (χ3v) is 3.76. The minimum Gasteiger partial charge on any atom is -0.355 e. The van der Waals surface area contributed by atoms with Crippen LogP contribution in [0, 0.1) is 5.92 Å². The van der Waals surface area contributed by atoms with Gasteiger partial charge in [-0.25, -0.2) is 0 Å². The Hall–Kier alpha value is -0.220. The van der Waals surface area contributed by atoms with Crippen LogP contribution in [0.25, 0.3) is 0 Å². The summed E-state index contributed by atoms with van der Waals surface area (Å²) in [5.74, 6) is 3.31. The van der Waals surface area contributed by atoms with Crippen LogP contribution in [0.1, 0.15) is 33.6 Å². The summed E-state index contributed by atoms with van der Waals surface area (Å²) in [6, 6.07) is 0. The summed E-state index contributed by atoms with van der Waals surface area (Å²) in [4.78, 5) is 11.6. The fourth-order valence-electron chi connectivity index (χ4n) is 1.62. The van der Waals surface area contributed by atoms with Crippen molar-refractivity contribution in [3.63, 3.8) is 0 Å². The van der Waals surface area contributed by atoms with E-state index >= 15 is 0 Å². The monoisotopic (exact) mass is 244 g/mol. The molecule has 4 heteroatoms. The second kappa shape index (κ2) is 6.50. The molecule has 16 heavy (non-hydrogen) atoms. The largest absolute Gasteiger partial charge is 0.355 e. The van der Waals surface area contributed by atoms with Gasteiger partial charge in [0, 0.05) is 12.1 Å². The van der Waals surface area contributed by atoms with Crippen molar-refractivity contribution < 1.29 is 4.79 Å². The molecule has 0 aliphatic carbocycles. The fraction of sp³-hybridized carbons (Fsp3) is 0.917. The summed E-state index contributed by atoms with van der Waals surface area (Å²) in [6.07, 6.45) is 2.50. The maximum absolute atomic E-state index is 11.6. The van der Waals surface area contributed by atoms with Gasteiger partial charge in [-0.3, -0.25) is 4.79 Å². The van der Waals surface area contributed by atoms with Crippen LogP contribution in [0.3, 0.4) is 0 Å². The number of carbonyl (C=O) groups excluding carboxylic acids is 1. The van der Waals surface area contributed by atoms with Gasteiger partial charge in [-0.2, -0.15) is 11.8 Å². The van der Waals surface area contributed by atoms with Crippen LogP contribution in [0.5, 0.6) is 0 Å². The first-order chi connectivity index (χ1) is 7.47. The van der Waals surface area contributed by atoms with Gasteiger partial charge in [0.1, 0.15) is 0 Å². The zero-order valence-electron chi connectivity index (χ0n) is 10.6. The molecule has 0 saturated carbocycles. The lowest BCUT2D eigenvalue weighted by Crippen LogP contribution is -2.44. The molecule has 0 unspecified atom stereocenters. The molecule has 1 rings (SSSR count). The number of carbonyl (C=O) groups is 1. The van der Waals surface area contributed by atoms with Crippen LogP contribution in [-0.2, 0) is 4.79 Å². The first-order valence-electron chi connectivity index (χ1n) is 6.07. The van der Waals surface area contributed by atoms with Gasteiger partial charge < -0.3 is 10.6 Å². The highest BCUT2D eigenvalue weighted by Gasteiger charge is 2.15. The molecular weight excluding hydrogens is 220 g/mol. The van der Waals surface area contributed by atoms with E-state index in [1.165, 1.54) is 24.3 Å². The zero-order valence-corrected chi connectivity index (χ0v) is 11.5. The molecule has 1 heterocycles. The smallest absolute Gasteiger partial charge is 0.233 e. The molecule has 0 aromatic rings. The molecule has 0 bridgehead atoms. The van der Waals surface area contributed by atoms with Crippen molar-refractivity contribution >= 4 is 17.7 Å². The van der Waals surface area contributed by atoms with Crippen molar-refractivity contribution in [1.82, 2.24) is 10.6 Å². The minimum absolute atomic E-state index is 0.0127. The summed E-state index contributed by atoms with van der Waals surface area (Å²) in [7, 11) is 0. The maximum atomic E-state index is 11.6. The SMILES string of the molecule is CC(C)(C)NCC(=O)NCC1CCSCC1. The Morgan fingerprint density at radius 1 is 1.31 bits per heavy atom. The fourth-order valence-corrected chi connectivity index (χ4v) is 2.82. The predicted octanol–water partition coefficient (Wildman–Crippen LogP) is 1.63. The third kappa shape index (κ3) is 6.38. The van der Waals surface area contributed by atoms with Gasteiger partial charge in [0.05, 0.1) is 6.54 Å². The van der Waals surface area contributed by atoms with Gasteiger partial charge >= 0.3 is 0 Å². The molecule has 0 radical (unpaired) electrons. The van der Waals surface area contributed by atoms with E-state index in [1.54, 1.807) is 0 Å². The van der Waals surface area contributed by atoms with E-state index in [-0.39, 0.29) is 11.4 Å². The highest BCUT2D eigenvalue weighted by molar-refractivity contribution is 7.99.